The van der Waals surface area contributed by atoms with Crippen molar-refractivity contribution in [1.29, 1.82) is 0 Å². The molecule has 3 aromatic rings. The van der Waals surface area contributed by atoms with Gasteiger partial charge >= 0.3 is 5.97 Å². The van der Waals surface area contributed by atoms with Gasteiger partial charge in [0.05, 0.1) is 26.0 Å². The molecule has 0 bridgehead atoms. The van der Waals surface area contributed by atoms with Crippen LogP contribution in [-0.2, 0) is 16.1 Å². The van der Waals surface area contributed by atoms with E-state index in [0.717, 1.165) is 0 Å². The van der Waals surface area contributed by atoms with Crippen molar-refractivity contribution in [3.05, 3.63) is 48.2 Å². The number of methoxy groups -OCH3 is 2. The minimum Gasteiger partial charge on any atom is -0.497 e. The summed E-state index contributed by atoms with van der Waals surface area (Å²) in [7, 11) is 3.08. The molecule has 1 aliphatic heterocycles. The highest BCUT2D eigenvalue weighted by atomic mass is 16.6. The van der Waals surface area contributed by atoms with Crippen LogP contribution in [0.5, 0.6) is 11.5 Å². The first-order chi connectivity index (χ1) is 15.1. The van der Waals surface area contributed by atoms with Crippen LogP contribution in [0.4, 0.5) is 0 Å². The Hall–Kier alpha value is -3.82. The predicted molar refractivity (Wildman–Crippen MR) is 105 cm³/mol. The highest BCUT2D eigenvalue weighted by molar-refractivity contribution is 5.94. The number of hydrogen-bond acceptors (Lipinski definition) is 9. The summed E-state index contributed by atoms with van der Waals surface area (Å²) in [6.45, 7) is 0.255. The van der Waals surface area contributed by atoms with Gasteiger partial charge in [-0.1, -0.05) is 5.16 Å². The molecule has 10 heteroatoms. The summed E-state index contributed by atoms with van der Waals surface area (Å²) < 4.78 is 26.2. The van der Waals surface area contributed by atoms with Crippen molar-refractivity contribution in [3.8, 4) is 22.9 Å². The lowest BCUT2D eigenvalue weighted by Crippen LogP contribution is -2.41. The zero-order valence-corrected chi connectivity index (χ0v) is 17.1. The van der Waals surface area contributed by atoms with Gasteiger partial charge in [0.25, 0.3) is 11.8 Å². The van der Waals surface area contributed by atoms with E-state index < -0.39 is 12.0 Å². The minimum absolute atomic E-state index is 0.128. The largest absolute Gasteiger partial charge is 0.497 e. The van der Waals surface area contributed by atoms with Crippen LogP contribution in [0.3, 0.4) is 0 Å². The van der Waals surface area contributed by atoms with E-state index in [0.29, 0.717) is 42.3 Å². The lowest BCUT2D eigenvalue weighted by Gasteiger charge is -2.21. The first kappa shape index (κ1) is 20.5. The molecular formula is C21H21N3O7. The highest BCUT2D eigenvalue weighted by Gasteiger charge is 2.36. The van der Waals surface area contributed by atoms with E-state index >= 15 is 0 Å². The maximum atomic E-state index is 12.6. The molecule has 1 fully saturated rings. The molecule has 3 heterocycles. The number of carbonyl (C=O) groups is 2. The third kappa shape index (κ3) is 4.23. The Morgan fingerprint density at radius 3 is 2.84 bits per heavy atom. The summed E-state index contributed by atoms with van der Waals surface area (Å²) in [6.07, 6.45) is 2.64. The van der Waals surface area contributed by atoms with Gasteiger partial charge in [0, 0.05) is 12.6 Å². The Labute approximate surface area is 177 Å². The first-order valence-corrected chi connectivity index (χ1v) is 9.67. The van der Waals surface area contributed by atoms with Crippen molar-refractivity contribution in [3.63, 3.8) is 0 Å². The normalized spacial score (nSPS) is 15.7. The molecule has 1 unspecified atom stereocenters. The fourth-order valence-corrected chi connectivity index (χ4v) is 3.43. The van der Waals surface area contributed by atoms with E-state index in [1.165, 1.54) is 18.3 Å². The Morgan fingerprint density at radius 1 is 1.23 bits per heavy atom. The molecule has 1 amide bonds. The maximum absolute atomic E-state index is 12.6. The summed E-state index contributed by atoms with van der Waals surface area (Å²) in [5, 5.41) is 3.93. The van der Waals surface area contributed by atoms with Crippen LogP contribution in [0.25, 0.3) is 11.4 Å². The van der Waals surface area contributed by atoms with Crippen LogP contribution in [0.15, 0.2) is 45.5 Å². The number of aromatic nitrogens is 2. The number of esters is 1. The van der Waals surface area contributed by atoms with E-state index in [-0.39, 0.29) is 24.2 Å². The Morgan fingerprint density at radius 2 is 2.10 bits per heavy atom. The smallest absolute Gasteiger partial charge is 0.329 e. The molecule has 2 aromatic heterocycles. The fraction of sp³-hybridized carbons (Fsp3) is 0.333. The second kappa shape index (κ2) is 8.90. The van der Waals surface area contributed by atoms with Crippen molar-refractivity contribution < 1.29 is 32.7 Å². The van der Waals surface area contributed by atoms with Gasteiger partial charge in [0.1, 0.15) is 17.5 Å². The van der Waals surface area contributed by atoms with Crippen LogP contribution < -0.4 is 9.47 Å². The van der Waals surface area contributed by atoms with E-state index in [9.17, 15) is 9.59 Å². The molecule has 0 spiro atoms. The summed E-state index contributed by atoms with van der Waals surface area (Å²) in [4.78, 5) is 30.8. The molecular weight excluding hydrogens is 406 g/mol. The number of benzene rings is 1. The van der Waals surface area contributed by atoms with Crippen molar-refractivity contribution in [2.75, 3.05) is 20.8 Å². The monoisotopic (exact) mass is 427 g/mol. The highest BCUT2D eigenvalue weighted by Crippen LogP contribution is 2.31. The Balaban J connectivity index is 1.40. The number of hydrogen-bond donors (Lipinski definition) is 0. The van der Waals surface area contributed by atoms with Gasteiger partial charge in [0.2, 0.25) is 5.82 Å². The molecule has 31 heavy (non-hydrogen) atoms. The molecule has 10 nitrogen and oxygen atoms in total. The Kier molecular flexibility index (Phi) is 5.87. The molecule has 1 atom stereocenters. The second-order valence-corrected chi connectivity index (χ2v) is 6.82. The number of carbonyl (C=O) groups excluding carboxylic acids is 2. The number of amides is 1. The van der Waals surface area contributed by atoms with Gasteiger partial charge in [-0.3, -0.25) is 4.79 Å². The van der Waals surface area contributed by atoms with Gasteiger partial charge in [-0.05, 0) is 37.1 Å². The van der Waals surface area contributed by atoms with E-state index in [1.54, 1.807) is 37.4 Å². The van der Waals surface area contributed by atoms with E-state index in [4.69, 9.17) is 23.2 Å². The lowest BCUT2D eigenvalue weighted by molar-refractivity contribution is -0.150. The summed E-state index contributed by atoms with van der Waals surface area (Å²) in [5.74, 6) is 0.888. The molecule has 1 aliphatic rings. The van der Waals surface area contributed by atoms with E-state index in [1.807, 2.05) is 0 Å². The molecule has 0 N–H and O–H groups in total. The first-order valence-electron chi connectivity index (χ1n) is 9.67. The molecule has 0 radical (unpaired) electrons. The van der Waals surface area contributed by atoms with E-state index in [2.05, 4.69) is 10.1 Å². The topological polar surface area (TPSA) is 117 Å². The van der Waals surface area contributed by atoms with Crippen molar-refractivity contribution in [2.45, 2.75) is 25.5 Å². The molecule has 1 saturated heterocycles. The average molecular weight is 427 g/mol. The van der Waals surface area contributed by atoms with Crippen molar-refractivity contribution in [2.24, 2.45) is 0 Å². The quantitative estimate of drug-likeness (QED) is 0.525. The SMILES string of the molecule is COc1ccc(-c2noc(COC(=O)C3CCCN3C(=O)c3ccco3)n2)c(OC)c1. The Bertz CT molecular complexity index is 1060. The summed E-state index contributed by atoms with van der Waals surface area (Å²) >= 11 is 0. The van der Waals surface area contributed by atoms with Crippen LogP contribution >= 0.6 is 0 Å². The molecule has 0 saturated carbocycles. The summed E-state index contributed by atoms with van der Waals surface area (Å²) in [5.41, 5.74) is 0.607. The number of furan rings is 1. The van der Waals surface area contributed by atoms with Gasteiger partial charge in [-0.25, -0.2) is 4.79 Å². The summed E-state index contributed by atoms with van der Waals surface area (Å²) in [6, 6.07) is 7.71. The van der Waals surface area contributed by atoms with Crippen LogP contribution in [0.2, 0.25) is 0 Å². The average Bonchev–Trinajstić information content (AvgIpc) is 3.57. The molecule has 162 valence electrons. The number of rotatable bonds is 7. The van der Waals surface area contributed by atoms with Crippen molar-refractivity contribution in [1.82, 2.24) is 15.0 Å². The van der Waals surface area contributed by atoms with Crippen LogP contribution in [0.1, 0.15) is 29.3 Å². The zero-order valence-electron chi connectivity index (χ0n) is 17.1. The number of likely N-dealkylation sites (tertiary alicyclic amines) is 1. The van der Waals surface area contributed by atoms with Gasteiger partial charge in [-0.15, -0.1) is 0 Å². The second-order valence-electron chi connectivity index (χ2n) is 6.82. The minimum atomic E-state index is -0.679. The third-order valence-corrected chi connectivity index (χ3v) is 4.97. The lowest BCUT2D eigenvalue weighted by atomic mass is 10.2. The molecule has 0 aliphatic carbocycles. The number of ether oxygens (including phenoxy) is 3. The molecule has 1 aromatic carbocycles. The van der Waals surface area contributed by atoms with Crippen LogP contribution in [-0.4, -0.2) is 53.7 Å². The number of nitrogens with zero attached hydrogens (tertiary/aromatic N) is 3. The van der Waals surface area contributed by atoms with Gasteiger partial charge in [0.15, 0.2) is 12.4 Å². The van der Waals surface area contributed by atoms with Crippen LogP contribution in [0, 0.1) is 0 Å². The van der Waals surface area contributed by atoms with Gasteiger partial charge in [-0.2, -0.15) is 4.98 Å². The fourth-order valence-electron chi connectivity index (χ4n) is 3.43. The maximum Gasteiger partial charge on any atom is 0.329 e. The third-order valence-electron chi connectivity index (χ3n) is 4.97. The van der Waals surface area contributed by atoms with Gasteiger partial charge < -0.3 is 28.1 Å². The zero-order chi connectivity index (χ0) is 21.8. The van der Waals surface area contributed by atoms with Crippen molar-refractivity contribution >= 4 is 11.9 Å². The predicted octanol–water partition coefficient (Wildman–Crippen LogP) is 2.69. The molecule has 4 rings (SSSR count). The standard InChI is InChI=1S/C21H21N3O7/c1-27-13-7-8-14(17(11-13)28-2)19-22-18(31-23-19)12-30-21(26)15-5-3-9-24(15)20(25)16-6-4-10-29-16/h4,6-8,10-11,15H,3,5,9,12H2,1-2H3.